The van der Waals surface area contributed by atoms with Crippen molar-refractivity contribution in [2.24, 2.45) is 5.92 Å². The lowest BCUT2D eigenvalue weighted by Crippen LogP contribution is -2.05. The van der Waals surface area contributed by atoms with E-state index in [1.165, 1.54) is 6.42 Å². The maximum absolute atomic E-state index is 10.8. The van der Waals surface area contributed by atoms with Crippen LogP contribution in [0.5, 0.6) is 0 Å². The third-order valence-electron chi connectivity index (χ3n) is 2.15. The second-order valence-electron chi connectivity index (χ2n) is 3.32. The quantitative estimate of drug-likeness (QED) is 0.609. The minimum atomic E-state index is 0.317. The van der Waals surface area contributed by atoms with Crippen LogP contribution in [0.25, 0.3) is 0 Å². The van der Waals surface area contributed by atoms with Gasteiger partial charge in [-0.1, -0.05) is 0 Å². The molecule has 2 nitrogen and oxygen atoms in total. The Morgan fingerprint density at radius 2 is 2.27 bits per heavy atom. The molecule has 11 heavy (non-hydrogen) atoms. The van der Waals surface area contributed by atoms with Crippen LogP contribution in [-0.2, 0) is 9.53 Å². The first-order chi connectivity index (χ1) is 5.29. The molecule has 2 heteroatoms. The van der Waals surface area contributed by atoms with Gasteiger partial charge in [0, 0.05) is 19.6 Å². The first kappa shape index (κ1) is 8.72. The van der Waals surface area contributed by atoms with Crippen LogP contribution in [0.2, 0.25) is 0 Å². The Bertz CT molecular complexity index is 124. The second kappa shape index (κ2) is 4.50. The summed E-state index contributed by atoms with van der Waals surface area (Å²) in [6, 6.07) is 0. The van der Waals surface area contributed by atoms with Crippen LogP contribution in [0.1, 0.15) is 32.6 Å². The lowest BCUT2D eigenvalue weighted by molar-refractivity contribution is -0.118. The van der Waals surface area contributed by atoms with E-state index in [-0.39, 0.29) is 0 Å². The van der Waals surface area contributed by atoms with E-state index in [1.807, 2.05) is 0 Å². The van der Waals surface area contributed by atoms with Gasteiger partial charge in [-0.05, 0) is 32.1 Å². The Morgan fingerprint density at radius 3 is 3.00 bits per heavy atom. The molecule has 0 spiro atoms. The lowest BCUT2D eigenvalue weighted by atomic mass is 9.95. The average molecular weight is 156 g/mol. The molecule has 1 aliphatic rings. The number of ketones is 1. The Hall–Kier alpha value is -0.370. The first-order valence-corrected chi connectivity index (χ1v) is 4.36. The maximum atomic E-state index is 10.8. The third kappa shape index (κ3) is 3.51. The van der Waals surface area contributed by atoms with Crippen LogP contribution in [-0.4, -0.2) is 19.0 Å². The van der Waals surface area contributed by atoms with Crippen molar-refractivity contribution in [3.63, 3.8) is 0 Å². The van der Waals surface area contributed by atoms with Crippen LogP contribution in [0.15, 0.2) is 0 Å². The molecular formula is C9H16O2. The van der Waals surface area contributed by atoms with E-state index in [0.29, 0.717) is 11.7 Å². The van der Waals surface area contributed by atoms with Gasteiger partial charge in [-0.25, -0.2) is 0 Å². The number of ether oxygens (including phenoxy) is 1. The second-order valence-corrected chi connectivity index (χ2v) is 3.32. The summed E-state index contributed by atoms with van der Waals surface area (Å²) in [7, 11) is 0. The van der Waals surface area contributed by atoms with Crippen LogP contribution in [0, 0.1) is 5.92 Å². The molecule has 0 aromatic carbocycles. The topological polar surface area (TPSA) is 26.3 Å². The average Bonchev–Trinajstić information content (AvgIpc) is 2.14. The van der Waals surface area contributed by atoms with E-state index < -0.39 is 0 Å². The van der Waals surface area contributed by atoms with Gasteiger partial charge in [0.15, 0.2) is 0 Å². The van der Waals surface area contributed by atoms with Crippen molar-refractivity contribution >= 4 is 5.78 Å². The lowest BCUT2D eigenvalue weighted by Gasteiger charge is -2.09. The van der Waals surface area contributed by atoms with E-state index in [0.717, 1.165) is 32.5 Å². The molecule has 0 aromatic heterocycles. The van der Waals surface area contributed by atoms with Crippen molar-refractivity contribution in [3.05, 3.63) is 0 Å². The minimum Gasteiger partial charge on any atom is -0.381 e. The summed E-state index contributed by atoms with van der Waals surface area (Å²) in [5, 5.41) is 0. The molecule has 1 heterocycles. The predicted octanol–water partition coefficient (Wildman–Crippen LogP) is 1.78. The maximum Gasteiger partial charge on any atom is 0.130 e. The van der Waals surface area contributed by atoms with Crippen molar-refractivity contribution in [3.8, 4) is 0 Å². The third-order valence-corrected chi connectivity index (χ3v) is 2.15. The van der Waals surface area contributed by atoms with Gasteiger partial charge in [0.2, 0.25) is 0 Å². The SMILES string of the molecule is CC(=O)CC1CCCOCC1. The van der Waals surface area contributed by atoms with Crippen molar-refractivity contribution in [1.82, 2.24) is 0 Å². The Kier molecular flexibility index (Phi) is 3.57. The number of hydrogen-bond donors (Lipinski definition) is 0. The van der Waals surface area contributed by atoms with Crippen molar-refractivity contribution < 1.29 is 9.53 Å². The molecule has 0 aromatic rings. The highest BCUT2D eigenvalue weighted by atomic mass is 16.5. The molecule has 1 unspecified atom stereocenters. The molecule has 0 N–H and O–H groups in total. The largest absolute Gasteiger partial charge is 0.381 e. The van der Waals surface area contributed by atoms with Crippen LogP contribution in [0.4, 0.5) is 0 Å². The van der Waals surface area contributed by atoms with Crippen molar-refractivity contribution in [2.45, 2.75) is 32.6 Å². The molecule has 0 aliphatic carbocycles. The molecule has 1 rings (SSSR count). The smallest absolute Gasteiger partial charge is 0.130 e. The van der Waals surface area contributed by atoms with Crippen molar-refractivity contribution in [1.29, 1.82) is 0 Å². The summed E-state index contributed by atoms with van der Waals surface area (Å²) in [4.78, 5) is 10.8. The number of hydrogen-bond acceptors (Lipinski definition) is 2. The fourth-order valence-electron chi connectivity index (χ4n) is 1.58. The summed E-state index contributed by atoms with van der Waals surface area (Å²) in [5.74, 6) is 0.909. The van der Waals surface area contributed by atoms with E-state index in [9.17, 15) is 4.79 Å². The van der Waals surface area contributed by atoms with Gasteiger partial charge in [-0.2, -0.15) is 0 Å². The van der Waals surface area contributed by atoms with Gasteiger partial charge in [-0.15, -0.1) is 0 Å². The van der Waals surface area contributed by atoms with Crippen LogP contribution < -0.4 is 0 Å². The van der Waals surface area contributed by atoms with E-state index >= 15 is 0 Å². The molecule has 1 aliphatic heterocycles. The summed E-state index contributed by atoms with van der Waals surface area (Å²) in [6.45, 7) is 3.40. The Morgan fingerprint density at radius 1 is 1.45 bits per heavy atom. The van der Waals surface area contributed by atoms with E-state index in [2.05, 4.69) is 0 Å². The van der Waals surface area contributed by atoms with Gasteiger partial charge >= 0.3 is 0 Å². The zero-order valence-corrected chi connectivity index (χ0v) is 7.14. The molecule has 64 valence electrons. The van der Waals surface area contributed by atoms with Gasteiger partial charge < -0.3 is 9.53 Å². The van der Waals surface area contributed by atoms with Crippen LogP contribution in [0.3, 0.4) is 0 Å². The molecule has 0 saturated carbocycles. The van der Waals surface area contributed by atoms with E-state index in [1.54, 1.807) is 6.92 Å². The number of Topliss-reactive ketones (excluding diaryl/α,β-unsaturated/α-hetero) is 1. The van der Waals surface area contributed by atoms with Gasteiger partial charge in [0.1, 0.15) is 5.78 Å². The zero-order chi connectivity index (χ0) is 8.10. The van der Waals surface area contributed by atoms with E-state index in [4.69, 9.17) is 4.74 Å². The van der Waals surface area contributed by atoms with Gasteiger partial charge in [0.25, 0.3) is 0 Å². The Labute approximate surface area is 67.9 Å². The highest BCUT2D eigenvalue weighted by molar-refractivity contribution is 5.75. The normalized spacial score (nSPS) is 26.1. The summed E-state index contributed by atoms with van der Waals surface area (Å²) in [6.07, 6.45) is 4.11. The molecule has 1 saturated heterocycles. The number of carbonyl (C=O) groups is 1. The monoisotopic (exact) mass is 156 g/mol. The Balaban J connectivity index is 2.25. The first-order valence-electron chi connectivity index (χ1n) is 4.36. The predicted molar refractivity (Wildman–Crippen MR) is 43.5 cm³/mol. The van der Waals surface area contributed by atoms with Crippen LogP contribution >= 0.6 is 0 Å². The molecule has 0 bridgehead atoms. The number of rotatable bonds is 2. The minimum absolute atomic E-state index is 0.317. The highest BCUT2D eigenvalue weighted by Crippen LogP contribution is 2.19. The molecule has 0 radical (unpaired) electrons. The molecule has 1 fully saturated rings. The number of carbonyl (C=O) groups excluding carboxylic acids is 1. The summed E-state index contributed by atoms with van der Waals surface area (Å²) < 4.78 is 5.29. The summed E-state index contributed by atoms with van der Waals surface area (Å²) in [5.41, 5.74) is 0. The zero-order valence-electron chi connectivity index (χ0n) is 7.14. The highest BCUT2D eigenvalue weighted by Gasteiger charge is 2.13. The standard InChI is InChI=1S/C9H16O2/c1-8(10)7-9-3-2-5-11-6-4-9/h9H,2-7H2,1H3. The summed E-state index contributed by atoms with van der Waals surface area (Å²) >= 11 is 0. The molecular weight excluding hydrogens is 140 g/mol. The fraction of sp³-hybridized carbons (Fsp3) is 0.889. The molecule has 0 amide bonds. The molecule has 1 atom stereocenters. The van der Waals surface area contributed by atoms with Gasteiger partial charge in [0.05, 0.1) is 0 Å². The van der Waals surface area contributed by atoms with Gasteiger partial charge in [-0.3, -0.25) is 0 Å². The fourth-order valence-corrected chi connectivity index (χ4v) is 1.58. The van der Waals surface area contributed by atoms with Crippen molar-refractivity contribution in [2.75, 3.05) is 13.2 Å².